The molecule has 0 saturated heterocycles. The van der Waals surface area contributed by atoms with Gasteiger partial charge in [0.25, 0.3) is 5.91 Å². The van der Waals surface area contributed by atoms with Gasteiger partial charge in [0.05, 0.1) is 10.7 Å². The van der Waals surface area contributed by atoms with E-state index in [1.807, 2.05) is 0 Å². The van der Waals surface area contributed by atoms with Gasteiger partial charge >= 0.3 is 13.2 Å². The molecule has 2 aromatic carbocycles. The molecule has 2 aromatic rings. The number of alkyl halides is 4. The molecule has 0 aromatic heterocycles. The number of hydrogen-bond acceptors (Lipinski definition) is 4. The Hall–Kier alpha value is -2.96. The molecule has 0 saturated carbocycles. The van der Waals surface area contributed by atoms with E-state index in [0.29, 0.717) is 0 Å². The second kappa shape index (κ2) is 10.0. The highest BCUT2D eigenvalue weighted by atomic mass is 35.5. The van der Waals surface area contributed by atoms with Gasteiger partial charge in [0.15, 0.2) is 0 Å². The minimum atomic E-state index is -3.28. The molecule has 0 bridgehead atoms. The lowest BCUT2D eigenvalue weighted by Crippen LogP contribution is -2.14. The molecule has 0 fully saturated rings. The van der Waals surface area contributed by atoms with Crippen LogP contribution in [0.4, 0.5) is 23.2 Å². The van der Waals surface area contributed by atoms with Crippen molar-refractivity contribution in [3.05, 3.63) is 57.6 Å². The Kier molecular flexibility index (Phi) is 7.70. The number of nitrogens with zero attached hydrogens (tertiary/aromatic N) is 1. The van der Waals surface area contributed by atoms with E-state index in [0.717, 1.165) is 24.3 Å². The largest absolute Gasteiger partial charge is 0.435 e. The van der Waals surface area contributed by atoms with E-state index in [1.54, 1.807) is 6.07 Å². The molecule has 0 aliphatic carbocycles. The minimum Gasteiger partial charge on any atom is -0.435 e. The fourth-order valence-corrected chi connectivity index (χ4v) is 2.43. The maximum absolute atomic E-state index is 12.6. The summed E-state index contributed by atoms with van der Waals surface area (Å²) >= 11 is 11.8. The molecule has 0 spiro atoms. The molecule has 0 unspecified atom stereocenters. The first-order valence-electron chi connectivity index (χ1n) is 7.61. The summed E-state index contributed by atoms with van der Waals surface area (Å²) < 4.78 is 58.3. The van der Waals surface area contributed by atoms with Crippen molar-refractivity contribution in [1.29, 1.82) is 5.26 Å². The summed E-state index contributed by atoms with van der Waals surface area (Å²) in [6.07, 6.45) is 0.942. The minimum absolute atomic E-state index is 0.120. The van der Waals surface area contributed by atoms with E-state index in [1.165, 1.54) is 18.2 Å². The number of carbonyl (C=O) groups excluding carboxylic acids is 1. The number of ether oxygens (including phenoxy) is 2. The number of carbonyl (C=O) groups is 1. The SMILES string of the molecule is N#CC(=Cc1ccc(OC(F)F)cc1OC(F)F)C(=O)Nc1cc(Cl)ccc1Cl. The lowest BCUT2D eigenvalue weighted by molar-refractivity contribution is -0.112. The van der Waals surface area contributed by atoms with Gasteiger partial charge in [0.2, 0.25) is 0 Å². The molecule has 0 aliphatic rings. The first-order chi connectivity index (χ1) is 13.7. The fourth-order valence-electron chi connectivity index (χ4n) is 2.10. The van der Waals surface area contributed by atoms with Crippen LogP contribution in [0, 0.1) is 11.3 Å². The van der Waals surface area contributed by atoms with Crippen LogP contribution in [0.25, 0.3) is 6.08 Å². The molecule has 0 heterocycles. The third kappa shape index (κ3) is 6.55. The quantitative estimate of drug-likeness (QED) is 0.333. The van der Waals surface area contributed by atoms with E-state index in [4.69, 9.17) is 23.2 Å². The van der Waals surface area contributed by atoms with E-state index in [9.17, 15) is 27.6 Å². The van der Waals surface area contributed by atoms with Gasteiger partial charge in [-0.15, -0.1) is 0 Å². The summed E-state index contributed by atoms with van der Waals surface area (Å²) in [5.74, 6) is -1.92. The zero-order valence-electron chi connectivity index (χ0n) is 14.1. The fraction of sp³-hybridized carbons (Fsp3) is 0.111. The number of hydrogen-bond donors (Lipinski definition) is 1. The number of anilines is 1. The molecule has 0 atom stereocenters. The van der Waals surface area contributed by atoms with E-state index >= 15 is 0 Å². The summed E-state index contributed by atoms with van der Waals surface area (Å²) in [7, 11) is 0. The smallest absolute Gasteiger partial charge is 0.387 e. The average molecular weight is 449 g/mol. The predicted octanol–water partition coefficient (Wildman–Crippen LogP) is 5.74. The number of halogens is 6. The standard InChI is InChI=1S/C18H10Cl2F4N2O3/c19-11-2-4-13(20)14(6-11)26-16(27)10(8-25)5-9-1-3-12(28-17(21)22)7-15(9)29-18(23)24/h1-7,17-18H,(H,26,27). The Morgan fingerprint density at radius 2 is 1.76 bits per heavy atom. The van der Waals surface area contributed by atoms with Crippen LogP contribution in [0.5, 0.6) is 11.5 Å². The van der Waals surface area contributed by atoms with Crippen LogP contribution in [-0.4, -0.2) is 19.1 Å². The third-order valence-electron chi connectivity index (χ3n) is 3.27. The van der Waals surface area contributed by atoms with Gasteiger partial charge in [-0.25, -0.2) is 0 Å². The Morgan fingerprint density at radius 3 is 2.38 bits per heavy atom. The number of nitriles is 1. The molecule has 29 heavy (non-hydrogen) atoms. The Morgan fingerprint density at radius 1 is 1.07 bits per heavy atom. The van der Waals surface area contributed by atoms with Crippen LogP contribution in [0.2, 0.25) is 10.0 Å². The first-order valence-corrected chi connectivity index (χ1v) is 8.37. The third-order valence-corrected chi connectivity index (χ3v) is 3.83. The number of rotatable bonds is 7. The van der Waals surface area contributed by atoms with Crippen molar-refractivity contribution < 1.29 is 31.8 Å². The van der Waals surface area contributed by atoms with E-state index < -0.39 is 36.2 Å². The summed E-state index contributed by atoms with van der Waals surface area (Å²) in [4.78, 5) is 12.3. The molecule has 1 amide bonds. The molecule has 152 valence electrons. The Bertz CT molecular complexity index is 978. The summed E-state index contributed by atoms with van der Waals surface area (Å²) in [6, 6.07) is 8.76. The van der Waals surface area contributed by atoms with Crippen molar-refractivity contribution in [2.75, 3.05) is 5.32 Å². The predicted molar refractivity (Wildman–Crippen MR) is 98.4 cm³/mol. The Labute approximate surface area is 172 Å². The molecule has 5 nitrogen and oxygen atoms in total. The van der Waals surface area contributed by atoms with Gasteiger partial charge in [-0.05, 0) is 36.4 Å². The second-order valence-electron chi connectivity index (χ2n) is 5.20. The zero-order chi connectivity index (χ0) is 21.6. The topological polar surface area (TPSA) is 71.3 Å². The first kappa shape index (κ1) is 22.3. The van der Waals surface area contributed by atoms with Crippen molar-refractivity contribution in [3.63, 3.8) is 0 Å². The molecule has 2 rings (SSSR count). The lowest BCUT2D eigenvalue weighted by atomic mass is 10.1. The van der Waals surface area contributed by atoms with Crippen LogP contribution in [-0.2, 0) is 4.79 Å². The maximum Gasteiger partial charge on any atom is 0.387 e. The van der Waals surface area contributed by atoms with Gasteiger partial charge in [-0.1, -0.05) is 23.2 Å². The monoisotopic (exact) mass is 448 g/mol. The highest BCUT2D eigenvalue weighted by Gasteiger charge is 2.16. The molecule has 1 N–H and O–H groups in total. The van der Waals surface area contributed by atoms with Crippen molar-refractivity contribution in [2.24, 2.45) is 0 Å². The van der Waals surface area contributed by atoms with Gasteiger partial charge in [-0.3, -0.25) is 4.79 Å². The number of benzene rings is 2. The zero-order valence-corrected chi connectivity index (χ0v) is 15.6. The van der Waals surface area contributed by atoms with Crippen LogP contribution >= 0.6 is 23.2 Å². The van der Waals surface area contributed by atoms with E-state index in [-0.39, 0.29) is 21.3 Å². The van der Waals surface area contributed by atoms with Crippen molar-refractivity contribution in [1.82, 2.24) is 0 Å². The maximum atomic E-state index is 12.6. The molecule has 0 radical (unpaired) electrons. The summed E-state index contributed by atoms with van der Waals surface area (Å²) in [5.41, 5.74) is -0.520. The normalized spacial score (nSPS) is 11.3. The van der Waals surface area contributed by atoms with Crippen molar-refractivity contribution in [3.8, 4) is 17.6 Å². The lowest BCUT2D eigenvalue weighted by Gasteiger charge is -2.12. The average Bonchev–Trinajstić information content (AvgIpc) is 2.63. The second-order valence-corrected chi connectivity index (χ2v) is 6.05. The number of nitrogens with one attached hydrogen (secondary N) is 1. The van der Waals surface area contributed by atoms with Crippen LogP contribution in [0.1, 0.15) is 5.56 Å². The van der Waals surface area contributed by atoms with Crippen LogP contribution < -0.4 is 14.8 Å². The highest BCUT2D eigenvalue weighted by Crippen LogP contribution is 2.30. The summed E-state index contributed by atoms with van der Waals surface area (Å²) in [6.45, 7) is -6.47. The molecular weight excluding hydrogens is 439 g/mol. The van der Waals surface area contributed by atoms with Crippen LogP contribution in [0.15, 0.2) is 42.0 Å². The molecule has 0 aliphatic heterocycles. The van der Waals surface area contributed by atoms with Gasteiger partial charge in [0, 0.05) is 16.7 Å². The van der Waals surface area contributed by atoms with Crippen molar-refractivity contribution in [2.45, 2.75) is 13.2 Å². The van der Waals surface area contributed by atoms with Gasteiger partial charge in [-0.2, -0.15) is 22.8 Å². The van der Waals surface area contributed by atoms with Gasteiger partial charge in [0.1, 0.15) is 23.1 Å². The Balaban J connectivity index is 2.36. The summed E-state index contributed by atoms with van der Waals surface area (Å²) in [5, 5.41) is 12.0. The van der Waals surface area contributed by atoms with Gasteiger partial charge < -0.3 is 14.8 Å². The van der Waals surface area contributed by atoms with Crippen LogP contribution in [0.3, 0.4) is 0 Å². The number of amides is 1. The molecule has 11 heteroatoms. The van der Waals surface area contributed by atoms with Crippen molar-refractivity contribution >= 4 is 40.9 Å². The van der Waals surface area contributed by atoms with E-state index in [2.05, 4.69) is 14.8 Å². The molecular formula is C18H10Cl2F4N2O3. The highest BCUT2D eigenvalue weighted by molar-refractivity contribution is 6.36.